The number of hydrogen-bond donors (Lipinski definition) is 0. The summed E-state index contributed by atoms with van der Waals surface area (Å²) >= 11 is 0. The van der Waals surface area contributed by atoms with E-state index in [2.05, 4.69) is 73.3 Å². The number of aryl methyl sites for hydroxylation is 2. The molecular formula is C23H42. The SMILES string of the molecule is C=C(C)/C(=C\c1cc(C)cc(C)c1C)CC.CC.CC.CCC. The minimum atomic E-state index is 1.04. The van der Waals surface area contributed by atoms with Crippen LogP contribution in [0.5, 0.6) is 0 Å². The van der Waals surface area contributed by atoms with Crippen molar-refractivity contribution in [2.75, 3.05) is 0 Å². The summed E-state index contributed by atoms with van der Waals surface area (Å²) in [5, 5.41) is 0. The van der Waals surface area contributed by atoms with Crippen molar-refractivity contribution >= 4 is 6.08 Å². The van der Waals surface area contributed by atoms with Gasteiger partial charge in [0.1, 0.15) is 0 Å². The van der Waals surface area contributed by atoms with E-state index in [1.165, 1.54) is 39.8 Å². The third-order valence-electron chi connectivity index (χ3n) is 3.11. The summed E-state index contributed by atoms with van der Waals surface area (Å²) in [5.74, 6) is 0. The minimum Gasteiger partial charge on any atom is -0.0958 e. The lowest BCUT2D eigenvalue weighted by Gasteiger charge is -2.10. The molecule has 0 saturated heterocycles. The highest BCUT2D eigenvalue weighted by molar-refractivity contribution is 5.62. The summed E-state index contributed by atoms with van der Waals surface area (Å²) in [6.45, 7) is 27.0. The maximum Gasteiger partial charge on any atom is -0.0219 e. The molecule has 0 aromatic heterocycles. The van der Waals surface area contributed by atoms with Crippen LogP contribution in [0.15, 0.2) is 29.9 Å². The number of allylic oxidation sites excluding steroid dienone is 2. The second-order valence-corrected chi connectivity index (χ2v) is 5.31. The van der Waals surface area contributed by atoms with Crippen molar-refractivity contribution < 1.29 is 0 Å². The third-order valence-corrected chi connectivity index (χ3v) is 3.11. The molecule has 0 heteroatoms. The van der Waals surface area contributed by atoms with E-state index in [9.17, 15) is 0 Å². The lowest BCUT2D eigenvalue weighted by Crippen LogP contribution is -1.90. The summed E-state index contributed by atoms with van der Waals surface area (Å²) in [6.07, 6.45) is 4.57. The summed E-state index contributed by atoms with van der Waals surface area (Å²) in [6, 6.07) is 4.49. The Balaban J connectivity index is -0.000000496. The molecule has 0 heterocycles. The fraction of sp³-hybridized carbons (Fsp3) is 0.565. The predicted octanol–water partition coefficient (Wildman–Crippen LogP) is 8.45. The molecule has 0 unspecified atom stereocenters. The van der Waals surface area contributed by atoms with Crippen molar-refractivity contribution in [2.45, 2.75) is 89.0 Å². The monoisotopic (exact) mass is 318 g/mol. The van der Waals surface area contributed by atoms with E-state index in [4.69, 9.17) is 0 Å². The molecule has 134 valence electrons. The second kappa shape index (κ2) is 17.1. The Bertz CT molecular complexity index is 447. The number of hydrogen-bond acceptors (Lipinski definition) is 0. The molecule has 0 bridgehead atoms. The van der Waals surface area contributed by atoms with Crippen molar-refractivity contribution in [3.05, 3.63) is 52.1 Å². The topological polar surface area (TPSA) is 0 Å². The Morgan fingerprint density at radius 1 is 0.957 bits per heavy atom. The van der Waals surface area contributed by atoms with Crippen molar-refractivity contribution in [1.82, 2.24) is 0 Å². The van der Waals surface area contributed by atoms with Crippen LogP contribution in [0.25, 0.3) is 6.08 Å². The fourth-order valence-electron chi connectivity index (χ4n) is 1.94. The van der Waals surface area contributed by atoms with Crippen molar-refractivity contribution in [3.63, 3.8) is 0 Å². The van der Waals surface area contributed by atoms with E-state index in [1.54, 1.807) is 0 Å². The van der Waals surface area contributed by atoms with Crippen LogP contribution < -0.4 is 0 Å². The number of rotatable bonds is 3. The fourth-order valence-corrected chi connectivity index (χ4v) is 1.94. The first-order valence-electron chi connectivity index (χ1n) is 9.31. The molecule has 0 spiro atoms. The zero-order valence-corrected chi connectivity index (χ0v) is 17.9. The van der Waals surface area contributed by atoms with Crippen LogP contribution in [0.4, 0.5) is 0 Å². The first-order chi connectivity index (χ1) is 10.9. The molecule has 1 aromatic rings. The van der Waals surface area contributed by atoms with Gasteiger partial charge in [-0.15, -0.1) is 0 Å². The van der Waals surface area contributed by atoms with E-state index in [-0.39, 0.29) is 0 Å². The molecule has 0 fully saturated rings. The summed E-state index contributed by atoms with van der Waals surface area (Å²) < 4.78 is 0. The Kier molecular flexibility index (Phi) is 19.7. The first kappa shape index (κ1) is 26.6. The number of benzene rings is 1. The van der Waals surface area contributed by atoms with Gasteiger partial charge in [-0.2, -0.15) is 0 Å². The van der Waals surface area contributed by atoms with Gasteiger partial charge in [0.2, 0.25) is 0 Å². The first-order valence-corrected chi connectivity index (χ1v) is 9.31. The molecule has 0 aliphatic heterocycles. The van der Waals surface area contributed by atoms with Crippen LogP contribution in [-0.4, -0.2) is 0 Å². The molecule has 0 amide bonds. The molecule has 0 N–H and O–H groups in total. The van der Waals surface area contributed by atoms with Gasteiger partial charge in [-0.3, -0.25) is 0 Å². The lowest BCUT2D eigenvalue weighted by molar-refractivity contribution is 1.09. The molecular weight excluding hydrogens is 276 g/mol. The molecule has 0 aliphatic rings. The van der Waals surface area contributed by atoms with Crippen molar-refractivity contribution in [1.29, 1.82) is 0 Å². The molecule has 1 aromatic carbocycles. The largest absolute Gasteiger partial charge is 0.0958 e. The van der Waals surface area contributed by atoms with Crippen LogP contribution in [0.1, 0.15) is 90.5 Å². The Hall–Kier alpha value is -1.30. The quantitative estimate of drug-likeness (QED) is 0.490. The highest BCUT2D eigenvalue weighted by atomic mass is 14.1. The van der Waals surface area contributed by atoms with Crippen LogP contribution in [0.2, 0.25) is 0 Å². The van der Waals surface area contributed by atoms with Gasteiger partial charge in [0, 0.05) is 0 Å². The zero-order valence-electron chi connectivity index (χ0n) is 17.9. The molecule has 0 saturated carbocycles. The van der Waals surface area contributed by atoms with Crippen LogP contribution in [-0.2, 0) is 0 Å². The standard InChI is InChI=1S/C16H22.C3H8.2C2H6/c1-7-15(11(2)3)10-16-9-12(4)8-13(5)14(16)6;1-3-2;2*1-2/h8-10H,2,7H2,1,3-6H3;3H2,1-2H3;2*1-2H3/b15-10-;;;. The summed E-state index contributed by atoms with van der Waals surface area (Å²) in [5.41, 5.74) is 7.90. The Morgan fingerprint density at radius 2 is 1.39 bits per heavy atom. The van der Waals surface area contributed by atoms with E-state index < -0.39 is 0 Å². The smallest absolute Gasteiger partial charge is 0.0219 e. The maximum absolute atomic E-state index is 4.03. The summed E-state index contributed by atoms with van der Waals surface area (Å²) in [4.78, 5) is 0. The van der Waals surface area contributed by atoms with Gasteiger partial charge in [-0.1, -0.05) is 90.8 Å². The highest BCUT2D eigenvalue weighted by Gasteiger charge is 2.02. The average Bonchev–Trinajstić information content (AvgIpc) is 2.53. The van der Waals surface area contributed by atoms with E-state index in [0.29, 0.717) is 0 Å². The van der Waals surface area contributed by atoms with Gasteiger partial charge < -0.3 is 0 Å². The third kappa shape index (κ3) is 11.9. The zero-order chi connectivity index (χ0) is 19.0. The Morgan fingerprint density at radius 3 is 1.74 bits per heavy atom. The van der Waals surface area contributed by atoms with Crippen molar-refractivity contribution in [2.24, 2.45) is 0 Å². The van der Waals surface area contributed by atoms with Crippen LogP contribution in [0.3, 0.4) is 0 Å². The Labute approximate surface area is 147 Å². The summed E-state index contributed by atoms with van der Waals surface area (Å²) in [7, 11) is 0. The van der Waals surface area contributed by atoms with Crippen LogP contribution >= 0.6 is 0 Å². The van der Waals surface area contributed by atoms with E-state index in [0.717, 1.165) is 6.42 Å². The maximum atomic E-state index is 4.03. The molecule has 0 nitrogen and oxygen atoms in total. The van der Waals surface area contributed by atoms with Crippen LogP contribution in [0, 0.1) is 20.8 Å². The van der Waals surface area contributed by atoms with E-state index >= 15 is 0 Å². The van der Waals surface area contributed by atoms with Gasteiger partial charge >= 0.3 is 0 Å². The minimum absolute atomic E-state index is 1.04. The molecule has 0 atom stereocenters. The second-order valence-electron chi connectivity index (χ2n) is 5.31. The van der Waals surface area contributed by atoms with E-state index in [1.807, 2.05) is 27.7 Å². The van der Waals surface area contributed by atoms with Gasteiger partial charge in [0.15, 0.2) is 0 Å². The molecule has 23 heavy (non-hydrogen) atoms. The van der Waals surface area contributed by atoms with Crippen molar-refractivity contribution in [3.8, 4) is 0 Å². The average molecular weight is 319 g/mol. The highest BCUT2D eigenvalue weighted by Crippen LogP contribution is 2.22. The molecule has 1 rings (SSSR count). The van der Waals surface area contributed by atoms with Gasteiger partial charge in [0.05, 0.1) is 0 Å². The normalized spacial score (nSPS) is 9.43. The lowest BCUT2D eigenvalue weighted by atomic mass is 9.96. The van der Waals surface area contributed by atoms with Gasteiger partial charge in [-0.25, -0.2) is 0 Å². The predicted molar refractivity (Wildman–Crippen MR) is 112 cm³/mol. The molecule has 0 radical (unpaired) electrons. The van der Waals surface area contributed by atoms with Gasteiger partial charge in [0.25, 0.3) is 0 Å². The van der Waals surface area contributed by atoms with Gasteiger partial charge in [-0.05, 0) is 56.4 Å². The molecule has 0 aliphatic carbocycles.